The third kappa shape index (κ3) is 6.43. The van der Waals surface area contributed by atoms with Crippen molar-refractivity contribution in [1.82, 2.24) is 5.32 Å². The number of non-ortho nitro benzene ring substituents is 1. The number of hydrogen-bond donors (Lipinski definition) is 1. The molecular weight excluding hydrogens is 450 g/mol. The van der Waals surface area contributed by atoms with Gasteiger partial charge in [-0.25, -0.2) is 0 Å². The van der Waals surface area contributed by atoms with Crippen molar-refractivity contribution in [2.45, 2.75) is 32.4 Å². The number of ether oxygens (including phenoxy) is 2. The van der Waals surface area contributed by atoms with Crippen LogP contribution in [0.3, 0.4) is 0 Å². The van der Waals surface area contributed by atoms with Gasteiger partial charge in [0.2, 0.25) is 0 Å². The number of nitrogens with zero attached hydrogens (tertiary/aromatic N) is 2. The van der Waals surface area contributed by atoms with Crippen LogP contribution >= 0.6 is 11.6 Å². The SMILES string of the molecule is CC(C)OC(=O)C[C@@H](NC(=O)c1cc([N+](=O)[O-])ccc1N1CCOCC1)c1ccccc1Cl. The van der Waals surface area contributed by atoms with Crippen molar-refractivity contribution < 1.29 is 24.0 Å². The molecule has 0 aliphatic carbocycles. The number of amides is 1. The number of hydrogen-bond acceptors (Lipinski definition) is 7. The van der Waals surface area contributed by atoms with Crippen molar-refractivity contribution in [3.63, 3.8) is 0 Å². The number of morpholine rings is 1. The summed E-state index contributed by atoms with van der Waals surface area (Å²) in [6.45, 7) is 5.54. The van der Waals surface area contributed by atoms with Crippen molar-refractivity contribution in [2.24, 2.45) is 0 Å². The molecule has 0 aromatic heterocycles. The quantitative estimate of drug-likeness (QED) is 0.350. The number of rotatable bonds is 8. The van der Waals surface area contributed by atoms with Gasteiger partial charge in [0.15, 0.2) is 0 Å². The lowest BCUT2D eigenvalue weighted by atomic mass is 10.0. The molecule has 10 heteroatoms. The molecular formula is C23H26ClN3O6. The van der Waals surface area contributed by atoms with Crippen LogP contribution in [0.2, 0.25) is 5.02 Å². The van der Waals surface area contributed by atoms with Crippen molar-refractivity contribution in [1.29, 1.82) is 0 Å². The van der Waals surface area contributed by atoms with Crippen LogP contribution < -0.4 is 10.2 Å². The molecule has 0 saturated carbocycles. The average Bonchev–Trinajstić information content (AvgIpc) is 2.78. The van der Waals surface area contributed by atoms with Crippen LogP contribution in [0.4, 0.5) is 11.4 Å². The molecule has 1 heterocycles. The Morgan fingerprint density at radius 1 is 1.21 bits per heavy atom. The zero-order valence-corrected chi connectivity index (χ0v) is 19.2. The van der Waals surface area contributed by atoms with Gasteiger partial charge in [0.25, 0.3) is 11.6 Å². The Labute approximate surface area is 196 Å². The second-order valence-corrected chi connectivity index (χ2v) is 8.26. The van der Waals surface area contributed by atoms with Crippen LogP contribution in [0, 0.1) is 10.1 Å². The number of esters is 1. The summed E-state index contributed by atoms with van der Waals surface area (Å²) in [5.41, 5.74) is 1.04. The van der Waals surface area contributed by atoms with Crippen LogP contribution in [-0.2, 0) is 14.3 Å². The number of nitro groups is 1. The molecule has 1 aliphatic rings. The second-order valence-electron chi connectivity index (χ2n) is 7.85. The fourth-order valence-electron chi connectivity index (χ4n) is 3.61. The van der Waals surface area contributed by atoms with Gasteiger partial charge < -0.3 is 19.7 Å². The van der Waals surface area contributed by atoms with E-state index in [1.165, 1.54) is 12.1 Å². The largest absolute Gasteiger partial charge is 0.463 e. The Morgan fingerprint density at radius 2 is 1.91 bits per heavy atom. The molecule has 1 atom stereocenters. The Balaban J connectivity index is 1.94. The maximum atomic E-state index is 13.4. The molecule has 2 aromatic carbocycles. The number of anilines is 1. The van der Waals surface area contributed by atoms with E-state index in [1.807, 2.05) is 4.90 Å². The van der Waals surface area contributed by atoms with Crippen LogP contribution in [0.1, 0.15) is 42.2 Å². The lowest BCUT2D eigenvalue weighted by molar-refractivity contribution is -0.384. The monoisotopic (exact) mass is 475 g/mol. The lowest BCUT2D eigenvalue weighted by Crippen LogP contribution is -2.38. The van der Waals surface area contributed by atoms with Gasteiger partial charge in [-0.05, 0) is 31.5 Å². The minimum atomic E-state index is -0.783. The molecule has 9 nitrogen and oxygen atoms in total. The van der Waals surface area contributed by atoms with E-state index in [1.54, 1.807) is 44.2 Å². The molecule has 0 spiro atoms. The van der Waals surface area contributed by atoms with E-state index in [-0.39, 0.29) is 23.8 Å². The number of halogens is 1. The van der Waals surface area contributed by atoms with E-state index in [0.29, 0.717) is 42.6 Å². The molecule has 0 bridgehead atoms. The van der Waals surface area contributed by atoms with Crippen molar-refractivity contribution >= 4 is 34.9 Å². The Morgan fingerprint density at radius 3 is 2.55 bits per heavy atom. The van der Waals surface area contributed by atoms with Crippen LogP contribution in [-0.4, -0.2) is 49.2 Å². The first-order chi connectivity index (χ1) is 15.8. The summed E-state index contributed by atoms with van der Waals surface area (Å²) in [5, 5.41) is 14.6. The predicted molar refractivity (Wildman–Crippen MR) is 124 cm³/mol. The Hall–Kier alpha value is -3.17. The third-order valence-corrected chi connectivity index (χ3v) is 5.46. The van der Waals surface area contributed by atoms with E-state index < -0.39 is 22.8 Å². The van der Waals surface area contributed by atoms with Gasteiger partial charge in [0, 0.05) is 30.2 Å². The maximum Gasteiger partial charge on any atom is 0.308 e. The summed E-state index contributed by atoms with van der Waals surface area (Å²) in [6.07, 6.45) is -0.458. The highest BCUT2D eigenvalue weighted by atomic mass is 35.5. The number of nitro benzene ring substituents is 1. The van der Waals surface area contributed by atoms with Crippen molar-refractivity contribution in [3.05, 3.63) is 68.7 Å². The first-order valence-electron chi connectivity index (χ1n) is 10.6. The van der Waals surface area contributed by atoms with Gasteiger partial charge >= 0.3 is 5.97 Å². The summed E-state index contributed by atoms with van der Waals surface area (Å²) in [5.74, 6) is -1.05. The summed E-state index contributed by atoms with van der Waals surface area (Å²) in [6, 6.07) is 10.3. The van der Waals surface area contributed by atoms with Crippen LogP contribution in [0.25, 0.3) is 0 Å². The molecule has 1 aliphatic heterocycles. The van der Waals surface area contributed by atoms with Gasteiger partial charge in [-0.2, -0.15) is 0 Å². The molecule has 3 rings (SSSR count). The molecule has 176 valence electrons. The zero-order chi connectivity index (χ0) is 24.0. The molecule has 33 heavy (non-hydrogen) atoms. The number of benzene rings is 2. The molecule has 1 N–H and O–H groups in total. The smallest absolute Gasteiger partial charge is 0.308 e. The van der Waals surface area contributed by atoms with E-state index in [2.05, 4.69) is 5.32 Å². The van der Waals surface area contributed by atoms with Crippen LogP contribution in [0.15, 0.2) is 42.5 Å². The molecule has 1 amide bonds. The van der Waals surface area contributed by atoms with E-state index in [0.717, 1.165) is 0 Å². The molecule has 0 unspecified atom stereocenters. The highest BCUT2D eigenvalue weighted by Crippen LogP contribution is 2.30. The fourth-order valence-corrected chi connectivity index (χ4v) is 3.88. The van der Waals surface area contributed by atoms with Gasteiger partial charge in [-0.15, -0.1) is 0 Å². The highest BCUT2D eigenvalue weighted by molar-refractivity contribution is 6.31. The van der Waals surface area contributed by atoms with Crippen molar-refractivity contribution in [3.8, 4) is 0 Å². The molecule has 1 fully saturated rings. The first kappa shape index (κ1) is 24.5. The summed E-state index contributed by atoms with van der Waals surface area (Å²) in [4.78, 5) is 38.5. The zero-order valence-electron chi connectivity index (χ0n) is 18.5. The minimum Gasteiger partial charge on any atom is -0.463 e. The number of nitrogens with one attached hydrogen (secondary N) is 1. The van der Waals surface area contributed by atoms with E-state index >= 15 is 0 Å². The second kappa shape index (κ2) is 11.1. The Bertz CT molecular complexity index is 1020. The highest BCUT2D eigenvalue weighted by Gasteiger charge is 2.26. The molecule has 1 saturated heterocycles. The van der Waals surface area contributed by atoms with Gasteiger partial charge in [-0.3, -0.25) is 19.7 Å². The lowest BCUT2D eigenvalue weighted by Gasteiger charge is -2.30. The van der Waals surface area contributed by atoms with Gasteiger partial charge in [-0.1, -0.05) is 29.8 Å². The molecule has 2 aromatic rings. The molecule has 0 radical (unpaired) electrons. The first-order valence-corrected chi connectivity index (χ1v) is 11.0. The predicted octanol–water partition coefficient (Wildman–Crippen LogP) is 3.90. The van der Waals surface area contributed by atoms with Gasteiger partial charge in [0.05, 0.1) is 48.0 Å². The van der Waals surface area contributed by atoms with E-state index in [9.17, 15) is 19.7 Å². The average molecular weight is 476 g/mol. The Kier molecular flexibility index (Phi) is 8.24. The van der Waals surface area contributed by atoms with Gasteiger partial charge in [0.1, 0.15) is 0 Å². The number of carbonyl (C=O) groups is 2. The topological polar surface area (TPSA) is 111 Å². The summed E-state index contributed by atoms with van der Waals surface area (Å²) in [7, 11) is 0. The minimum absolute atomic E-state index is 0.139. The third-order valence-electron chi connectivity index (χ3n) is 5.11. The maximum absolute atomic E-state index is 13.4. The van der Waals surface area contributed by atoms with Crippen molar-refractivity contribution in [2.75, 3.05) is 31.2 Å². The van der Waals surface area contributed by atoms with E-state index in [4.69, 9.17) is 21.1 Å². The number of carbonyl (C=O) groups excluding carboxylic acids is 2. The summed E-state index contributed by atoms with van der Waals surface area (Å²) < 4.78 is 10.6. The standard InChI is InChI=1S/C23H26ClN3O6/c1-15(2)33-22(28)14-20(17-5-3-4-6-19(17)24)25-23(29)18-13-16(27(30)31)7-8-21(18)26-9-11-32-12-10-26/h3-8,13,15,20H,9-12,14H2,1-2H3,(H,25,29)/t20-/m1/s1. The normalized spacial score (nSPS) is 14.6. The fraction of sp³-hybridized carbons (Fsp3) is 0.391. The van der Waals surface area contributed by atoms with Crippen LogP contribution in [0.5, 0.6) is 0 Å². The summed E-state index contributed by atoms with van der Waals surface area (Å²) >= 11 is 6.34.